The first kappa shape index (κ1) is 11.4. The van der Waals surface area contributed by atoms with Crippen LogP contribution in [-0.4, -0.2) is 52.1 Å². The average molecular weight is 244 g/mol. The summed E-state index contributed by atoms with van der Waals surface area (Å²) in [5, 5.41) is 0. The number of methoxy groups -OCH3 is 1. The molecule has 4 aliphatic heterocycles. The van der Waals surface area contributed by atoms with Crippen molar-refractivity contribution in [3.05, 3.63) is 0 Å². The van der Waals surface area contributed by atoms with E-state index >= 15 is 0 Å². The van der Waals surface area contributed by atoms with E-state index in [1.54, 1.807) is 0 Å². The Labute approximate surface area is 99.1 Å². The van der Waals surface area contributed by atoms with Gasteiger partial charge in [-0.05, 0) is 0 Å². The number of hydrogen-bond donors (Lipinski definition) is 0. The van der Waals surface area contributed by atoms with E-state index in [1.165, 1.54) is 7.11 Å². The number of carbonyl (C=O) groups excluding carboxylic acids is 1. The molecule has 0 amide bonds. The van der Waals surface area contributed by atoms with Gasteiger partial charge in [-0.2, -0.15) is 0 Å². The van der Waals surface area contributed by atoms with Crippen LogP contribution in [0.5, 0.6) is 0 Å². The maximum absolute atomic E-state index is 11.9. The van der Waals surface area contributed by atoms with Crippen molar-refractivity contribution in [2.24, 2.45) is 10.8 Å². The van der Waals surface area contributed by atoms with Gasteiger partial charge in [0.25, 0.3) is 0 Å². The molecule has 4 aliphatic rings. The van der Waals surface area contributed by atoms with Gasteiger partial charge in [0.05, 0.1) is 40.1 Å². The van der Waals surface area contributed by atoms with Crippen LogP contribution in [0.2, 0.25) is 0 Å². The van der Waals surface area contributed by atoms with Crippen LogP contribution in [0, 0.1) is 10.8 Å². The van der Waals surface area contributed by atoms with Crippen molar-refractivity contribution in [1.82, 2.24) is 0 Å². The minimum absolute atomic E-state index is 0.121. The molecule has 6 heteroatoms. The number of esters is 1. The molecule has 0 radical (unpaired) electrons. The molecule has 4 saturated heterocycles. The van der Waals surface area contributed by atoms with Crippen LogP contribution in [-0.2, 0) is 28.5 Å². The van der Waals surface area contributed by atoms with Gasteiger partial charge in [0.2, 0.25) is 0 Å². The van der Waals surface area contributed by atoms with Gasteiger partial charge >= 0.3 is 11.9 Å². The third kappa shape index (κ3) is 1.32. The first-order chi connectivity index (χ1) is 8.06. The molecule has 0 spiro atoms. The summed E-state index contributed by atoms with van der Waals surface area (Å²) in [5.41, 5.74) is -1.10. The summed E-state index contributed by atoms with van der Waals surface area (Å²) in [5.74, 6) is -1.73. The first-order valence-corrected chi connectivity index (χ1v) is 5.64. The van der Waals surface area contributed by atoms with Crippen molar-refractivity contribution >= 4 is 5.97 Å². The quantitative estimate of drug-likeness (QED) is 0.633. The van der Waals surface area contributed by atoms with Gasteiger partial charge in [0, 0.05) is 5.41 Å². The monoisotopic (exact) mass is 244 g/mol. The summed E-state index contributed by atoms with van der Waals surface area (Å²) in [6.07, 6.45) is 0. The van der Waals surface area contributed by atoms with Gasteiger partial charge in [-0.25, -0.2) is 0 Å². The topological polar surface area (TPSA) is 63.2 Å². The van der Waals surface area contributed by atoms with E-state index in [9.17, 15) is 4.79 Å². The molecule has 0 aromatic rings. The van der Waals surface area contributed by atoms with Crippen molar-refractivity contribution in [1.29, 1.82) is 0 Å². The Balaban J connectivity index is 1.90. The summed E-state index contributed by atoms with van der Waals surface area (Å²) >= 11 is 0. The second-order valence-electron chi connectivity index (χ2n) is 5.30. The molecule has 6 nitrogen and oxygen atoms in total. The Morgan fingerprint density at radius 1 is 1.06 bits per heavy atom. The third-order valence-electron chi connectivity index (χ3n) is 3.69. The fraction of sp³-hybridized carbons (Fsp3) is 0.909. The summed E-state index contributed by atoms with van der Waals surface area (Å²) < 4.78 is 27.0. The standard InChI is InChI=1S/C11H16O6/c1-9-3-15-11(16-4-9,17-5-9)10(6-14-7-10)8(12)13-2/h3-7H2,1-2H3. The SMILES string of the molecule is COC(=O)C1(C23OCC(C)(CO2)CO3)COC1. The maximum Gasteiger partial charge on any atom is 0.324 e. The predicted octanol–water partition coefficient (Wildman–Crippen LogP) is -0.0869. The molecular weight excluding hydrogens is 228 g/mol. The van der Waals surface area contributed by atoms with Crippen LogP contribution in [0.25, 0.3) is 0 Å². The van der Waals surface area contributed by atoms with Gasteiger partial charge in [-0.15, -0.1) is 0 Å². The average Bonchev–Trinajstić information content (AvgIpc) is 2.29. The van der Waals surface area contributed by atoms with E-state index in [-0.39, 0.29) is 18.6 Å². The summed E-state index contributed by atoms with van der Waals surface area (Å²) in [7, 11) is 1.34. The fourth-order valence-corrected chi connectivity index (χ4v) is 2.39. The van der Waals surface area contributed by atoms with Gasteiger partial charge in [-0.3, -0.25) is 4.79 Å². The van der Waals surface area contributed by atoms with Crippen LogP contribution in [0.3, 0.4) is 0 Å². The molecule has 0 N–H and O–H groups in total. The molecule has 4 rings (SSSR count). The van der Waals surface area contributed by atoms with E-state index < -0.39 is 17.4 Å². The minimum atomic E-state index is -1.32. The zero-order chi connectivity index (χ0) is 12.1. The molecule has 0 aromatic carbocycles. The molecule has 17 heavy (non-hydrogen) atoms. The number of hydrogen-bond acceptors (Lipinski definition) is 6. The van der Waals surface area contributed by atoms with E-state index in [1.807, 2.05) is 6.92 Å². The molecule has 4 heterocycles. The first-order valence-electron chi connectivity index (χ1n) is 5.64. The lowest BCUT2D eigenvalue weighted by atomic mass is 9.79. The second kappa shape index (κ2) is 3.41. The normalized spacial score (nSPS) is 42.9. The van der Waals surface area contributed by atoms with Crippen LogP contribution in [0.1, 0.15) is 6.92 Å². The molecule has 0 atom stereocenters. The van der Waals surface area contributed by atoms with Crippen LogP contribution in [0.4, 0.5) is 0 Å². The highest BCUT2D eigenvalue weighted by Gasteiger charge is 2.70. The van der Waals surface area contributed by atoms with Crippen molar-refractivity contribution in [2.45, 2.75) is 12.9 Å². The molecule has 0 aliphatic carbocycles. The Bertz CT molecular complexity index is 323. The highest BCUT2D eigenvalue weighted by atomic mass is 16.9. The molecule has 0 unspecified atom stereocenters. The van der Waals surface area contributed by atoms with Crippen LogP contribution in [0.15, 0.2) is 0 Å². The third-order valence-corrected chi connectivity index (χ3v) is 3.69. The summed E-state index contributed by atoms with van der Waals surface area (Å²) in [6.45, 7) is 3.99. The Morgan fingerprint density at radius 3 is 1.94 bits per heavy atom. The lowest BCUT2D eigenvalue weighted by Crippen LogP contribution is -2.73. The summed E-state index contributed by atoms with van der Waals surface area (Å²) in [6, 6.07) is 0. The molecular formula is C11H16O6. The van der Waals surface area contributed by atoms with Crippen molar-refractivity contribution in [3.8, 4) is 0 Å². The van der Waals surface area contributed by atoms with Gasteiger partial charge in [0.15, 0.2) is 5.41 Å². The van der Waals surface area contributed by atoms with Crippen LogP contribution < -0.4 is 0 Å². The molecule has 96 valence electrons. The largest absolute Gasteiger partial charge is 0.468 e. The zero-order valence-corrected chi connectivity index (χ0v) is 9.99. The van der Waals surface area contributed by atoms with Gasteiger partial charge in [0.1, 0.15) is 0 Å². The minimum Gasteiger partial charge on any atom is -0.468 e. The summed E-state index contributed by atoms with van der Waals surface area (Å²) in [4.78, 5) is 11.9. The molecule has 0 aromatic heterocycles. The lowest BCUT2D eigenvalue weighted by Gasteiger charge is -2.58. The van der Waals surface area contributed by atoms with Crippen molar-refractivity contribution < 1.29 is 28.5 Å². The number of ether oxygens (including phenoxy) is 5. The Hall–Kier alpha value is -0.690. The predicted molar refractivity (Wildman–Crippen MR) is 54.0 cm³/mol. The Kier molecular flexibility index (Phi) is 2.29. The lowest BCUT2D eigenvalue weighted by molar-refractivity contribution is -0.514. The van der Waals surface area contributed by atoms with E-state index in [0.29, 0.717) is 19.8 Å². The van der Waals surface area contributed by atoms with Crippen molar-refractivity contribution in [3.63, 3.8) is 0 Å². The molecule has 2 bridgehead atoms. The molecule has 0 saturated carbocycles. The highest BCUT2D eigenvalue weighted by molar-refractivity contribution is 5.79. The highest BCUT2D eigenvalue weighted by Crippen LogP contribution is 2.51. The second-order valence-corrected chi connectivity index (χ2v) is 5.30. The number of carbonyl (C=O) groups is 1. The fourth-order valence-electron chi connectivity index (χ4n) is 2.39. The molecule has 4 fully saturated rings. The van der Waals surface area contributed by atoms with E-state index in [4.69, 9.17) is 23.7 Å². The van der Waals surface area contributed by atoms with Gasteiger partial charge in [-0.1, -0.05) is 6.92 Å². The van der Waals surface area contributed by atoms with E-state index in [2.05, 4.69) is 0 Å². The Morgan fingerprint density at radius 2 is 1.59 bits per heavy atom. The number of rotatable bonds is 2. The zero-order valence-electron chi connectivity index (χ0n) is 9.99. The van der Waals surface area contributed by atoms with E-state index in [0.717, 1.165) is 0 Å². The smallest absolute Gasteiger partial charge is 0.324 e. The van der Waals surface area contributed by atoms with Crippen LogP contribution >= 0.6 is 0 Å². The maximum atomic E-state index is 11.9. The van der Waals surface area contributed by atoms with Gasteiger partial charge < -0.3 is 23.7 Å². The number of fused-ring (bicyclic) bond motifs is 3. The van der Waals surface area contributed by atoms with Crippen molar-refractivity contribution in [2.75, 3.05) is 40.1 Å².